The van der Waals surface area contributed by atoms with Crippen molar-refractivity contribution in [2.75, 3.05) is 27.3 Å². The van der Waals surface area contributed by atoms with Crippen LogP contribution < -0.4 is 0 Å². The summed E-state index contributed by atoms with van der Waals surface area (Å²) in [4.78, 5) is 2.34. The Kier molecular flexibility index (Phi) is 7.36. The van der Waals surface area contributed by atoms with Gasteiger partial charge < -0.3 is 14.7 Å². The lowest BCUT2D eigenvalue weighted by Gasteiger charge is -2.32. The summed E-state index contributed by atoms with van der Waals surface area (Å²) in [7, 11) is 3.89. The molecule has 21 heavy (non-hydrogen) atoms. The van der Waals surface area contributed by atoms with Gasteiger partial charge in [-0.05, 0) is 44.8 Å². The van der Waals surface area contributed by atoms with E-state index >= 15 is 0 Å². The van der Waals surface area contributed by atoms with Crippen molar-refractivity contribution in [1.82, 2.24) is 4.90 Å². The van der Waals surface area contributed by atoms with Crippen LogP contribution in [0.1, 0.15) is 39.2 Å². The van der Waals surface area contributed by atoms with Crippen LogP contribution in [-0.4, -0.2) is 43.4 Å². The zero-order chi connectivity index (χ0) is 15.9. The van der Waals surface area contributed by atoms with Crippen molar-refractivity contribution >= 4 is 0 Å². The molecule has 0 bridgehead atoms. The topological polar surface area (TPSA) is 32.7 Å². The Hall–Kier alpha value is -0.900. The van der Waals surface area contributed by atoms with Crippen LogP contribution in [0.2, 0.25) is 0 Å². The van der Waals surface area contributed by atoms with E-state index in [1.807, 2.05) is 37.3 Å². The molecular weight excluding hydrogens is 262 g/mol. The monoisotopic (exact) mass is 293 g/mol. The molecule has 0 spiro atoms. The van der Waals surface area contributed by atoms with Gasteiger partial charge in [-0.3, -0.25) is 0 Å². The summed E-state index contributed by atoms with van der Waals surface area (Å²) in [5, 5.41) is 10.6. The van der Waals surface area contributed by atoms with Crippen LogP contribution in [0.15, 0.2) is 30.3 Å². The molecule has 120 valence electrons. The van der Waals surface area contributed by atoms with Gasteiger partial charge in [0.15, 0.2) is 0 Å². The molecule has 0 aromatic heterocycles. The Bertz CT molecular complexity index is 389. The van der Waals surface area contributed by atoms with Crippen molar-refractivity contribution in [2.24, 2.45) is 5.92 Å². The molecule has 1 N–H and O–H groups in total. The standard InChI is InChI=1S/C18H31NO2/c1-15(2)17(14-21-5)19(4)13-9-12-18(3,20)16-10-7-6-8-11-16/h6-8,10-11,15,17,20H,9,12-14H2,1-5H3/t17-,18?/m1/s1. The predicted octanol–water partition coefficient (Wildman–Crippen LogP) is 3.28. The molecule has 0 saturated carbocycles. The van der Waals surface area contributed by atoms with E-state index in [2.05, 4.69) is 25.8 Å². The minimum Gasteiger partial charge on any atom is -0.385 e. The van der Waals surface area contributed by atoms with Crippen LogP contribution in [-0.2, 0) is 10.3 Å². The number of hydrogen-bond donors (Lipinski definition) is 1. The summed E-state index contributed by atoms with van der Waals surface area (Å²) in [6, 6.07) is 10.3. The third-order valence-electron chi connectivity index (χ3n) is 4.24. The van der Waals surface area contributed by atoms with Gasteiger partial charge in [-0.1, -0.05) is 44.2 Å². The Labute approximate surface area is 129 Å². The van der Waals surface area contributed by atoms with Crippen LogP contribution in [0.4, 0.5) is 0 Å². The first-order chi connectivity index (χ1) is 9.88. The molecule has 3 heteroatoms. The van der Waals surface area contributed by atoms with Crippen molar-refractivity contribution < 1.29 is 9.84 Å². The lowest BCUT2D eigenvalue weighted by molar-refractivity contribution is 0.0359. The first-order valence-corrected chi connectivity index (χ1v) is 7.85. The van der Waals surface area contributed by atoms with Gasteiger partial charge in [0, 0.05) is 13.2 Å². The van der Waals surface area contributed by atoms with E-state index in [1.54, 1.807) is 7.11 Å². The molecule has 1 unspecified atom stereocenters. The van der Waals surface area contributed by atoms with Crippen LogP contribution >= 0.6 is 0 Å². The zero-order valence-corrected chi connectivity index (χ0v) is 14.2. The summed E-state index contributed by atoms with van der Waals surface area (Å²) in [5.74, 6) is 0.560. The predicted molar refractivity (Wildman–Crippen MR) is 88.4 cm³/mol. The number of methoxy groups -OCH3 is 1. The second-order valence-electron chi connectivity index (χ2n) is 6.49. The van der Waals surface area contributed by atoms with Gasteiger partial charge in [-0.25, -0.2) is 0 Å². The van der Waals surface area contributed by atoms with E-state index in [0.29, 0.717) is 12.0 Å². The summed E-state index contributed by atoms with van der Waals surface area (Å²) < 4.78 is 5.31. The fourth-order valence-corrected chi connectivity index (χ4v) is 2.78. The van der Waals surface area contributed by atoms with Crippen LogP contribution in [0.3, 0.4) is 0 Å². The van der Waals surface area contributed by atoms with Crippen LogP contribution in [0.5, 0.6) is 0 Å². The lowest BCUT2D eigenvalue weighted by Crippen LogP contribution is -2.40. The summed E-state index contributed by atoms with van der Waals surface area (Å²) in [6.07, 6.45) is 1.73. The number of benzene rings is 1. The van der Waals surface area contributed by atoms with Gasteiger partial charge in [-0.2, -0.15) is 0 Å². The number of nitrogens with zero attached hydrogens (tertiary/aromatic N) is 1. The van der Waals surface area contributed by atoms with E-state index in [-0.39, 0.29) is 0 Å². The molecule has 0 aliphatic heterocycles. The summed E-state index contributed by atoms with van der Waals surface area (Å²) in [6.45, 7) is 8.07. The molecule has 1 aromatic rings. The van der Waals surface area contributed by atoms with Crippen molar-refractivity contribution in [2.45, 2.75) is 45.3 Å². The van der Waals surface area contributed by atoms with Gasteiger partial charge in [0.05, 0.1) is 12.2 Å². The van der Waals surface area contributed by atoms with Crippen molar-refractivity contribution in [3.05, 3.63) is 35.9 Å². The number of ether oxygens (including phenoxy) is 1. The Morgan fingerprint density at radius 3 is 2.38 bits per heavy atom. The van der Waals surface area contributed by atoms with Gasteiger partial charge >= 0.3 is 0 Å². The highest BCUT2D eigenvalue weighted by Crippen LogP contribution is 2.25. The van der Waals surface area contributed by atoms with E-state index in [0.717, 1.165) is 31.6 Å². The Balaban J connectivity index is 2.48. The van der Waals surface area contributed by atoms with Crippen molar-refractivity contribution in [3.63, 3.8) is 0 Å². The van der Waals surface area contributed by atoms with E-state index in [4.69, 9.17) is 4.74 Å². The molecular formula is C18H31NO2. The number of aliphatic hydroxyl groups is 1. The molecule has 0 fully saturated rings. The van der Waals surface area contributed by atoms with Crippen molar-refractivity contribution in [3.8, 4) is 0 Å². The van der Waals surface area contributed by atoms with Crippen LogP contribution in [0.25, 0.3) is 0 Å². The van der Waals surface area contributed by atoms with E-state index in [1.165, 1.54) is 0 Å². The molecule has 2 atom stereocenters. The minimum atomic E-state index is -0.753. The van der Waals surface area contributed by atoms with E-state index < -0.39 is 5.60 Å². The number of hydrogen-bond acceptors (Lipinski definition) is 3. The average molecular weight is 293 g/mol. The average Bonchev–Trinajstić information content (AvgIpc) is 2.45. The zero-order valence-electron chi connectivity index (χ0n) is 14.2. The van der Waals surface area contributed by atoms with Crippen LogP contribution in [0, 0.1) is 5.92 Å². The van der Waals surface area contributed by atoms with Gasteiger partial charge in [-0.15, -0.1) is 0 Å². The number of rotatable bonds is 9. The molecule has 0 amide bonds. The SMILES string of the molecule is COC[C@H](C(C)C)N(C)CCCC(C)(O)c1ccccc1. The highest BCUT2D eigenvalue weighted by atomic mass is 16.5. The maximum Gasteiger partial charge on any atom is 0.0869 e. The largest absolute Gasteiger partial charge is 0.385 e. The quantitative estimate of drug-likeness (QED) is 0.758. The smallest absolute Gasteiger partial charge is 0.0869 e. The Morgan fingerprint density at radius 1 is 1.24 bits per heavy atom. The Morgan fingerprint density at radius 2 is 1.86 bits per heavy atom. The molecule has 0 radical (unpaired) electrons. The van der Waals surface area contributed by atoms with Crippen molar-refractivity contribution in [1.29, 1.82) is 0 Å². The fraction of sp³-hybridized carbons (Fsp3) is 0.667. The fourth-order valence-electron chi connectivity index (χ4n) is 2.78. The molecule has 3 nitrogen and oxygen atoms in total. The third-order valence-corrected chi connectivity index (χ3v) is 4.24. The van der Waals surface area contributed by atoms with Gasteiger partial charge in [0.25, 0.3) is 0 Å². The molecule has 1 rings (SSSR count). The second-order valence-corrected chi connectivity index (χ2v) is 6.49. The lowest BCUT2D eigenvalue weighted by atomic mass is 9.91. The number of likely N-dealkylation sites (N-methyl/N-ethyl adjacent to an activating group) is 1. The highest BCUT2D eigenvalue weighted by Gasteiger charge is 2.23. The first kappa shape index (κ1) is 18.1. The molecule has 0 aliphatic rings. The maximum atomic E-state index is 10.6. The molecule has 0 saturated heterocycles. The molecule has 0 heterocycles. The first-order valence-electron chi connectivity index (χ1n) is 7.85. The molecule has 0 aliphatic carbocycles. The minimum absolute atomic E-state index is 0.427. The van der Waals surface area contributed by atoms with E-state index in [9.17, 15) is 5.11 Å². The second kappa shape index (κ2) is 8.52. The maximum absolute atomic E-state index is 10.6. The van der Waals surface area contributed by atoms with Gasteiger partial charge in [0.2, 0.25) is 0 Å². The summed E-state index contributed by atoms with van der Waals surface area (Å²) in [5.41, 5.74) is 0.237. The van der Waals surface area contributed by atoms with Gasteiger partial charge in [0.1, 0.15) is 0 Å². The normalized spacial score (nSPS) is 16.2. The summed E-state index contributed by atoms with van der Waals surface area (Å²) >= 11 is 0. The molecule has 1 aromatic carbocycles. The third kappa shape index (κ3) is 5.77. The highest BCUT2D eigenvalue weighted by molar-refractivity contribution is 5.21.